The van der Waals surface area contributed by atoms with Gasteiger partial charge >= 0.3 is 17.8 Å². The molecule has 0 bridgehead atoms. The molecule has 0 spiro atoms. The van der Waals surface area contributed by atoms with E-state index in [0.29, 0.717) is 16.5 Å². The maximum Gasteiger partial charge on any atom is 0.433 e. The molecule has 0 fully saturated rings. The number of esters is 2. The standard InChI is InChI=1S/C20H22N2O8S/c1-4-28-20(25)16-12-6-5-10(2)9-14(12)31-18(16)21-17(23)11(3)29-19(24)13-7-8-15(30-13)22(26)27/h7-8,10-11H,4-6,9H2,1-3H3,(H,21,23). The predicted octanol–water partition coefficient (Wildman–Crippen LogP) is 3.73. The number of rotatable bonds is 7. The number of carbonyl (C=O) groups excluding carboxylic acids is 3. The molecule has 166 valence electrons. The summed E-state index contributed by atoms with van der Waals surface area (Å²) in [7, 11) is 0. The van der Waals surface area contributed by atoms with Crippen LogP contribution in [0.1, 0.15) is 58.5 Å². The second-order valence-electron chi connectivity index (χ2n) is 7.21. The molecule has 0 saturated carbocycles. The molecule has 2 heterocycles. The lowest BCUT2D eigenvalue weighted by Crippen LogP contribution is -2.30. The molecule has 3 rings (SSSR count). The minimum Gasteiger partial charge on any atom is -0.462 e. The van der Waals surface area contributed by atoms with Gasteiger partial charge in [0.1, 0.15) is 9.92 Å². The van der Waals surface area contributed by atoms with Crippen molar-refractivity contribution in [2.45, 2.75) is 46.1 Å². The number of thiophene rings is 1. The highest BCUT2D eigenvalue weighted by Gasteiger charge is 2.31. The molecular weight excluding hydrogens is 428 g/mol. The van der Waals surface area contributed by atoms with Crippen molar-refractivity contribution in [3.8, 4) is 0 Å². The van der Waals surface area contributed by atoms with Crippen molar-refractivity contribution in [1.82, 2.24) is 0 Å². The number of amides is 1. The molecule has 2 aromatic rings. The zero-order valence-electron chi connectivity index (χ0n) is 17.3. The van der Waals surface area contributed by atoms with Crippen LogP contribution in [0.3, 0.4) is 0 Å². The predicted molar refractivity (Wildman–Crippen MR) is 110 cm³/mol. The Labute approximate surface area is 181 Å². The first-order valence-electron chi connectivity index (χ1n) is 9.79. The average Bonchev–Trinajstić information content (AvgIpc) is 3.32. The first kappa shape index (κ1) is 22.5. The van der Waals surface area contributed by atoms with Gasteiger partial charge in [-0.25, -0.2) is 9.59 Å². The van der Waals surface area contributed by atoms with Crippen LogP contribution in [0, 0.1) is 16.0 Å². The van der Waals surface area contributed by atoms with Gasteiger partial charge < -0.3 is 19.2 Å². The molecular formula is C20H22N2O8S. The van der Waals surface area contributed by atoms with Crippen molar-refractivity contribution in [3.63, 3.8) is 0 Å². The molecule has 1 amide bonds. The summed E-state index contributed by atoms with van der Waals surface area (Å²) in [4.78, 5) is 48.2. The van der Waals surface area contributed by atoms with Gasteiger partial charge in [0.15, 0.2) is 6.10 Å². The Morgan fingerprint density at radius 3 is 2.74 bits per heavy atom. The quantitative estimate of drug-likeness (QED) is 0.382. The molecule has 10 nitrogen and oxygen atoms in total. The van der Waals surface area contributed by atoms with Gasteiger partial charge in [-0.05, 0) is 50.7 Å². The second-order valence-corrected chi connectivity index (χ2v) is 8.31. The zero-order chi connectivity index (χ0) is 22.7. The van der Waals surface area contributed by atoms with Crippen molar-refractivity contribution in [3.05, 3.63) is 44.0 Å². The maximum absolute atomic E-state index is 12.6. The van der Waals surface area contributed by atoms with Gasteiger partial charge in [0.05, 0.1) is 18.2 Å². The van der Waals surface area contributed by atoms with E-state index in [1.54, 1.807) is 6.92 Å². The van der Waals surface area contributed by atoms with E-state index in [4.69, 9.17) is 13.9 Å². The van der Waals surface area contributed by atoms with Crippen LogP contribution in [0.15, 0.2) is 16.5 Å². The van der Waals surface area contributed by atoms with Crippen molar-refractivity contribution in [2.75, 3.05) is 11.9 Å². The van der Waals surface area contributed by atoms with E-state index in [1.807, 2.05) is 0 Å². The van der Waals surface area contributed by atoms with E-state index in [0.717, 1.165) is 41.8 Å². The van der Waals surface area contributed by atoms with E-state index >= 15 is 0 Å². The van der Waals surface area contributed by atoms with Crippen LogP contribution >= 0.6 is 11.3 Å². The van der Waals surface area contributed by atoms with Crippen LogP contribution in [0.25, 0.3) is 0 Å². The van der Waals surface area contributed by atoms with Gasteiger partial charge in [0, 0.05) is 4.88 Å². The van der Waals surface area contributed by atoms with Crippen LogP contribution in [0.5, 0.6) is 0 Å². The topological polar surface area (TPSA) is 138 Å². The Bertz CT molecular complexity index is 1020. The molecule has 0 radical (unpaired) electrons. The minimum absolute atomic E-state index is 0.205. The van der Waals surface area contributed by atoms with Gasteiger partial charge in [0.2, 0.25) is 5.76 Å². The van der Waals surface area contributed by atoms with Crippen LogP contribution in [0.2, 0.25) is 0 Å². The number of nitrogens with zero attached hydrogens (tertiary/aromatic N) is 1. The highest BCUT2D eigenvalue weighted by atomic mass is 32.1. The number of ether oxygens (including phenoxy) is 2. The number of nitrogens with one attached hydrogen (secondary N) is 1. The highest BCUT2D eigenvalue weighted by molar-refractivity contribution is 7.17. The zero-order valence-corrected chi connectivity index (χ0v) is 18.1. The summed E-state index contributed by atoms with van der Waals surface area (Å²) in [5, 5.41) is 13.7. The monoisotopic (exact) mass is 450 g/mol. The maximum atomic E-state index is 12.6. The largest absolute Gasteiger partial charge is 0.462 e. The summed E-state index contributed by atoms with van der Waals surface area (Å²) < 4.78 is 15.0. The van der Waals surface area contributed by atoms with E-state index in [1.165, 1.54) is 18.3 Å². The van der Waals surface area contributed by atoms with Gasteiger partial charge in [-0.15, -0.1) is 11.3 Å². The number of fused-ring (bicyclic) bond motifs is 1. The number of hydrogen-bond acceptors (Lipinski definition) is 9. The SMILES string of the molecule is CCOC(=O)c1c(NC(=O)C(C)OC(=O)c2ccc([N+](=O)[O-])o2)sc2c1CCC(C)C2. The molecule has 0 aromatic carbocycles. The van der Waals surface area contributed by atoms with Gasteiger partial charge in [-0.1, -0.05) is 6.92 Å². The number of carbonyl (C=O) groups is 3. The van der Waals surface area contributed by atoms with E-state index in [9.17, 15) is 24.5 Å². The van der Waals surface area contributed by atoms with Crippen molar-refractivity contribution < 1.29 is 33.2 Å². The molecule has 2 atom stereocenters. The van der Waals surface area contributed by atoms with Gasteiger partial charge in [-0.3, -0.25) is 14.9 Å². The summed E-state index contributed by atoms with van der Waals surface area (Å²) in [5.41, 5.74) is 1.24. The third-order valence-corrected chi connectivity index (χ3v) is 6.02. The Morgan fingerprint density at radius 1 is 1.35 bits per heavy atom. The summed E-state index contributed by atoms with van der Waals surface area (Å²) in [6.45, 7) is 5.39. The van der Waals surface area contributed by atoms with E-state index < -0.39 is 34.8 Å². The summed E-state index contributed by atoms with van der Waals surface area (Å²) in [6, 6.07) is 2.11. The van der Waals surface area contributed by atoms with Crippen LogP contribution in [-0.4, -0.2) is 35.5 Å². The third-order valence-electron chi connectivity index (χ3n) is 4.85. The second kappa shape index (κ2) is 9.29. The Hall–Kier alpha value is -3.21. The van der Waals surface area contributed by atoms with Crippen LogP contribution in [-0.2, 0) is 27.1 Å². The van der Waals surface area contributed by atoms with Crippen LogP contribution in [0.4, 0.5) is 10.9 Å². The van der Waals surface area contributed by atoms with Gasteiger partial charge in [-0.2, -0.15) is 0 Å². The Kier molecular flexibility index (Phi) is 6.74. The number of hydrogen-bond donors (Lipinski definition) is 1. The molecule has 1 N–H and O–H groups in total. The fourth-order valence-electron chi connectivity index (χ4n) is 3.28. The van der Waals surface area contributed by atoms with Gasteiger partial charge in [0.25, 0.3) is 5.91 Å². The normalized spacial score (nSPS) is 16.2. The smallest absolute Gasteiger partial charge is 0.433 e. The molecule has 2 unspecified atom stereocenters. The molecule has 11 heteroatoms. The molecule has 31 heavy (non-hydrogen) atoms. The molecule has 0 saturated heterocycles. The van der Waals surface area contributed by atoms with Crippen molar-refractivity contribution >= 4 is 40.1 Å². The lowest BCUT2D eigenvalue weighted by atomic mass is 9.88. The fraction of sp³-hybridized carbons (Fsp3) is 0.450. The molecule has 2 aromatic heterocycles. The van der Waals surface area contributed by atoms with Crippen molar-refractivity contribution in [1.29, 1.82) is 0 Å². The van der Waals surface area contributed by atoms with E-state index in [-0.39, 0.29) is 12.4 Å². The number of anilines is 1. The summed E-state index contributed by atoms with van der Waals surface area (Å²) >= 11 is 1.32. The molecule has 0 aliphatic heterocycles. The fourth-order valence-corrected chi connectivity index (χ4v) is 4.68. The van der Waals surface area contributed by atoms with E-state index in [2.05, 4.69) is 12.2 Å². The summed E-state index contributed by atoms with van der Waals surface area (Å²) in [6.07, 6.45) is 1.24. The lowest BCUT2D eigenvalue weighted by Gasteiger charge is -2.18. The highest BCUT2D eigenvalue weighted by Crippen LogP contribution is 2.40. The Balaban J connectivity index is 1.74. The number of furan rings is 1. The molecule has 1 aliphatic rings. The van der Waals surface area contributed by atoms with Crippen molar-refractivity contribution in [2.24, 2.45) is 5.92 Å². The summed E-state index contributed by atoms with van der Waals surface area (Å²) in [5.74, 6) is -2.69. The third kappa shape index (κ3) is 4.93. The first-order chi connectivity index (χ1) is 14.7. The minimum atomic E-state index is -1.23. The lowest BCUT2D eigenvalue weighted by molar-refractivity contribution is -0.402. The van der Waals surface area contributed by atoms with Crippen LogP contribution < -0.4 is 5.32 Å². The molecule has 1 aliphatic carbocycles. The first-order valence-corrected chi connectivity index (χ1v) is 10.6. The average molecular weight is 450 g/mol. The number of nitro groups is 1. The Morgan fingerprint density at radius 2 is 2.10 bits per heavy atom.